The summed E-state index contributed by atoms with van der Waals surface area (Å²) in [5.41, 5.74) is 0. The Morgan fingerprint density at radius 3 is 2.79 bits per heavy atom. The van der Waals surface area contributed by atoms with Gasteiger partial charge in [0, 0.05) is 19.5 Å². The Morgan fingerprint density at radius 2 is 2.21 bits per heavy atom. The third-order valence-electron chi connectivity index (χ3n) is 3.86. The first kappa shape index (κ1) is 16.0. The van der Waals surface area contributed by atoms with E-state index in [4.69, 9.17) is 5.11 Å². The van der Waals surface area contributed by atoms with Crippen molar-refractivity contribution in [1.82, 2.24) is 10.6 Å². The van der Waals surface area contributed by atoms with E-state index in [2.05, 4.69) is 17.6 Å². The van der Waals surface area contributed by atoms with Gasteiger partial charge in [-0.15, -0.1) is 0 Å². The number of hydrogen-bond donors (Lipinski definition) is 3. The maximum absolute atomic E-state index is 11.9. The maximum Gasteiger partial charge on any atom is 0.303 e. The summed E-state index contributed by atoms with van der Waals surface area (Å²) in [6.07, 6.45) is 4.79. The van der Waals surface area contributed by atoms with Crippen molar-refractivity contribution in [2.24, 2.45) is 11.8 Å². The Kier molecular flexibility index (Phi) is 7.48. The van der Waals surface area contributed by atoms with E-state index < -0.39 is 5.97 Å². The molecule has 19 heavy (non-hydrogen) atoms. The number of carboxylic acid groups (broad SMARTS) is 1. The lowest BCUT2D eigenvalue weighted by molar-refractivity contribution is -0.137. The monoisotopic (exact) mass is 270 g/mol. The molecule has 1 aliphatic rings. The highest BCUT2D eigenvalue weighted by atomic mass is 16.4. The molecule has 3 N–H and O–H groups in total. The van der Waals surface area contributed by atoms with Gasteiger partial charge < -0.3 is 15.7 Å². The van der Waals surface area contributed by atoms with Crippen molar-refractivity contribution in [3.63, 3.8) is 0 Å². The number of rotatable bonds is 8. The summed E-state index contributed by atoms with van der Waals surface area (Å²) in [7, 11) is 0. The Balaban J connectivity index is 2.16. The molecule has 1 saturated heterocycles. The number of amides is 1. The second kappa shape index (κ2) is 8.91. The molecule has 0 aromatic carbocycles. The van der Waals surface area contributed by atoms with Gasteiger partial charge in [-0.2, -0.15) is 0 Å². The van der Waals surface area contributed by atoms with Crippen LogP contribution in [0.5, 0.6) is 0 Å². The zero-order valence-electron chi connectivity index (χ0n) is 11.8. The van der Waals surface area contributed by atoms with Crippen molar-refractivity contribution >= 4 is 11.9 Å². The van der Waals surface area contributed by atoms with E-state index in [0.29, 0.717) is 18.9 Å². The van der Waals surface area contributed by atoms with Gasteiger partial charge in [-0.3, -0.25) is 9.59 Å². The van der Waals surface area contributed by atoms with Crippen molar-refractivity contribution < 1.29 is 14.7 Å². The number of aliphatic carboxylic acids is 1. The van der Waals surface area contributed by atoms with Crippen LogP contribution in [0.3, 0.4) is 0 Å². The van der Waals surface area contributed by atoms with Gasteiger partial charge in [0.25, 0.3) is 0 Å². The van der Waals surface area contributed by atoms with E-state index >= 15 is 0 Å². The fourth-order valence-electron chi connectivity index (χ4n) is 2.50. The minimum atomic E-state index is -0.740. The minimum Gasteiger partial charge on any atom is -0.481 e. The van der Waals surface area contributed by atoms with E-state index in [1.54, 1.807) is 0 Å². The van der Waals surface area contributed by atoms with Crippen LogP contribution >= 0.6 is 0 Å². The standard InChI is InChI=1S/C14H26N2O3/c1-2-11(5-6-13(17)18)7-9-16-14(19)12-4-3-8-15-10-12/h11-12,15H,2-10H2,1H3,(H,16,19)(H,17,18). The van der Waals surface area contributed by atoms with Gasteiger partial charge >= 0.3 is 5.97 Å². The molecular weight excluding hydrogens is 244 g/mol. The van der Waals surface area contributed by atoms with Crippen LogP contribution in [0.2, 0.25) is 0 Å². The fourth-order valence-corrected chi connectivity index (χ4v) is 2.50. The van der Waals surface area contributed by atoms with Crippen LogP contribution in [0.15, 0.2) is 0 Å². The number of carbonyl (C=O) groups is 2. The highest BCUT2D eigenvalue weighted by Gasteiger charge is 2.20. The first-order valence-electron chi connectivity index (χ1n) is 7.33. The Bertz CT molecular complexity index is 288. The van der Waals surface area contributed by atoms with E-state index in [1.165, 1.54) is 0 Å². The minimum absolute atomic E-state index is 0.104. The average molecular weight is 270 g/mol. The van der Waals surface area contributed by atoms with Crippen molar-refractivity contribution in [3.8, 4) is 0 Å². The Morgan fingerprint density at radius 1 is 1.42 bits per heavy atom. The quantitative estimate of drug-likeness (QED) is 0.622. The molecule has 0 spiro atoms. The van der Waals surface area contributed by atoms with Crippen molar-refractivity contribution in [3.05, 3.63) is 0 Å². The SMILES string of the molecule is CCC(CCNC(=O)C1CCCNC1)CCC(=O)O. The molecular formula is C14H26N2O3. The zero-order valence-corrected chi connectivity index (χ0v) is 11.8. The van der Waals surface area contributed by atoms with Gasteiger partial charge in [0.1, 0.15) is 0 Å². The molecule has 110 valence electrons. The molecule has 0 radical (unpaired) electrons. The summed E-state index contributed by atoms with van der Waals surface area (Å²) >= 11 is 0. The molecule has 0 aromatic heterocycles. The highest BCUT2D eigenvalue weighted by Crippen LogP contribution is 2.15. The average Bonchev–Trinajstić information content (AvgIpc) is 2.43. The van der Waals surface area contributed by atoms with Gasteiger partial charge in [-0.1, -0.05) is 13.3 Å². The predicted molar refractivity (Wildman–Crippen MR) is 73.9 cm³/mol. The molecule has 1 fully saturated rings. The maximum atomic E-state index is 11.9. The molecule has 0 saturated carbocycles. The van der Waals surface area contributed by atoms with Crippen molar-refractivity contribution in [2.45, 2.75) is 45.4 Å². The number of piperidine rings is 1. The predicted octanol–water partition coefficient (Wildman–Crippen LogP) is 1.38. The fraction of sp³-hybridized carbons (Fsp3) is 0.857. The van der Waals surface area contributed by atoms with Gasteiger partial charge in [0.15, 0.2) is 0 Å². The number of carboxylic acids is 1. The van der Waals surface area contributed by atoms with Gasteiger partial charge in [-0.25, -0.2) is 0 Å². The third-order valence-corrected chi connectivity index (χ3v) is 3.86. The van der Waals surface area contributed by atoms with Crippen LogP contribution in [0.4, 0.5) is 0 Å². The van der Waals surface area contributed by atoms with Crippen LogP contribution in [0, 0.1) is 11.8 Å². The van der Waals surface area contributed by atoms with E-state index in [0.717, 1.165) is 38.8 Å². The molecule has 2 unspecified atom stereocenters. The molecule has 5 heteroatoms. The highest BCUT2D eigenvalue weighted by molar-refractivity contribution is 5.78. The lowest BCUT2D eigenvalue weighted by Crippen LogP contribution is -2.41. The first-order chi connectivity index (χ1) is 9.13. The number of carbonyl (C=O) groups excluding carboxylic acids is 1. The van der Waals surface area contributed by atoms with Gasteiger partial charge in [0.05, 0.1) is 5.92 Å². The first-order valence-corrected chi connectivity index (χ1v) is 7.33. The summed E-state index contributed by atoms with van der Waals surface area (Å²) in [5, 5.41) is 14.9. The third kappa shape index (κ3) is 6.57. The van der Waals surface area contributed by atoms with Crippen LogP contribution < -0.4 is 10.6 Å². The molecule has 1 aliphatic heterocycles. The van der Waals surface area contributed by atoms with E-state index in [9.17, 15) is 9.59 Å². The summed E-state index contributed by atoms with van der Waals surface area (Å²) in [6.45, 7) is 4.52. The second-order valence-electron chi connectivity index (χ2n) is 5.33. The van der Waals surface area contributed by atoms with Crippen LogP contribution in [0.1, 0.15) is 45.4 Å². The van der Waals surface area contributed by atoms with Crippen LogP contribution in [0.25, 0.3) is 0 Å². The summed E-state index contributed by atoms with van der Waals surface area (Å²) in [6, 6.07) is 0. The summed E-state index contributed by atoms with van der Waals surface area (Å²) in [5.74, 6) is -0.107. The second-order valence-corrected chi connectivity index (χ2v) is 5.33. The van der Waals surface area contributed by atoms with Gasteiger partial charge in [0.2, 0.25) is 5.91 Å². The lowest BCUT2D eigenvalue weighted by atomic mass is 9.96. The molecule has 1 amide bonds. The molecule has 0 aliphatic carbocycles. The number of nitrogens with one attached hydrogen (secondary N) is 2. The van der Waals surface area contributed by atoms with Crippen LogP contribution in [-0.2, 0) is 9.59 Å². The molecule has 1 heterocycles. The molecule has 5 nitrogen and oxygen atoms in total. The van der Waals surface area contributed by atoms with Crippen molar-refractivity contribution in [1.29, 1.82) is 0 Å². The largest absolute Gasteiger partial charge is 0.481 e. The zero-order chi connectivity index (χ0) is 14.1. The summed E-state index contributed by atoms with van der Waals surface area (Å²) < 4.78 is 0. The smallest absolute Gasteiger partial charge is 0.303 e. The molecule has 0 bridgehead atoms. The van der Waals surface area contributed by atoms with E-state index in [-0.39, 0.29) is 18.2 Å². The summed E-state index contributed by atoms with van der Waals surface area (Å²) in [4.78, 5) is 22.4. The van der Waals surface area contributed by atoms with Gasteiger partial charge in [-0.05, 0) is 38.1 Å². The number of hydrogen-bond acceptors (Lipinski definition) is 3. The normalized spacial score (nSPS) is 20.8. The molecule has 0 aromatic rings. The van der Waals surface area contributed by atoms with E-state index in [1.807, 2.05) is 0 Å². The molecule has 1 rings (SSSR count). The Labute approximate surface area is 115 Å². The topological polar surface area (TPSA) is 78.4 Å². The van der Waals surface area contributed by atoms with Crippen molar-refractivity contribution in [2.75, 3.05) is 19.6 Å². The molecule has 2 atom stereocenters. The van der Waals surface area contributed by atoms with Crippen LogP contribution in [-0.4, -0.2) is 36.6 Å². The Hall–Kier alpha value is -1.10. The lowest BCUT2D eigenvalue weighted by Gasteiger charge is -2.22.